The minimum Gasteiger partial charge on any atom is -0.327 e. The van der Waals surface area contributed by atoms with E-state index in [0.717, 1.165) is 14.7 Å². The molecule has 1 unspecified atom stereocenters. The smallest absolute Gasteiger partial charge is 0.320 e. The molecule has 1 aromatic heterocycles. The maximum atomic E-state index is 13.4. The fraction of sp³-hybridized carbons (Fsp3) is 0.143. The van der Waals surface area contributed by atoms with E-state index in [2.05, 4.69) is 33.2 Å². The molecule has 0 saturated heterocycles. The van der Waals surface area contributed by atoms with Crippen molar-refractivity contribution < 1.29 is 9.18 Å². The summed E-state index contributed by atoms with van der Waals surface area (Å²) in [6.07, 6.45) is 1.60. The van der Waals surface area contributed by atoms with Gasteiger partial charge in [-0.25, -0.2) is 9.18 Å². The zero-order chi connectivity index (χ0) is 20.1. The number of amides is 2. The molecule has 3 aromatic rings. The maximum absolute atomic E-state index is 13.4. The van der Waals surface area contributed by atoms with Gasteiger partial charge in [-0.05, 0) is 64.9 Å². The van der Waals surface area contributed by atoms with Gasteiger partial charge in [0, 0.05) is 22.4 Å². The molecule has 2 N–H and O–H groups in total. The summed E-state index contributed by atoms with van der Waals surface area (Å²) in [4.78, 5) is 24.4. The number of halogens is 2. The predicted molar refractivity (Wildman–Crippen MR) is 116 cm³/mol. The highest BCUT2D eigenvalue weighted by atomic mass is 127. The number of anilines is 1. The Morgan fingerprint density at radius 1 is 1.11 bits per heavy atom. The Kier molecular flexibility index (Phi) is 6.45. The Labute approximate surface area is 175 Å². The minimum atomic E-state index is -0.453. The van der Waals surface area contributed by atoms with Gasteiger partial charge >= 0.3 is 6.03 Å². The molecule has 0 spiro atoms. The van der Waals surface area contributed by atoms with Crippen LogP contribution in [0.5, 0.6) is 0 Å². The summed E-state index contributed by atoms with van der Waals surface area (Å²) in [5.74, 6) is -0.337. The van der Waals surface area contributed by atoms with Crippen LogP contribution in [0.1, 0.15) is 24.1 Å². The van der Waals surface area contributed by atoms with Crippen molar-refractivity contribution in [3.8, 4) is 0 Å². The molecule has 0 saturated carbocycles. The first-order chi connectivity index (χ1) is 13.5. The number of carbonyl (C=O) groups excluding carboxylic acids is 1. The van der Waals surface area contributed by atoms with E-state index in [1.54, 1.807) is 24.4 Å². The van der Waals surface area contributed by atoms with E-state index in [9.17, 15) is 14.0 Å². The fourth-order valence-electron chi connectivity index (χ4n) is 2.86. The number of aromatic nitrogens is 1. The Morgan fingerprint density at radius 2 is 1.82 bits per heavy atom. The van der Waals surface area contributed by atoms with E-state index in [4.69, 9.17) is 0 Å². The van der Waals surface area contributed by atoms with Crippen molar-refractivity contribution in [2.24, 2.45) is 0 Å². The number of nitrogens with zero attached hydrogens (tertiary/aromatic N) is 1. The monoisotopic (exact) mass is 491 g/mol. The Hall–Kier alpha value is -2.68. The highest BCUT2D eigenvalue weighted by molar-refractivity contribution is 14.1. The molecule has 5 nitrogen and oxygen atoms in total. The van der Waals surface area contributed by atoms with E-state index < -0.39 is 12.1 Å². The van der Waals surface area contributed by atoms with Crippen LogP contribution in [0.25, 0.3) is 0 Å². The average molecular weight is 491 g/mol. The second-order valence-electron chi connectivity index (χ2n) is 6.15. The molecule has 0 aliphatic rings. The van der Waals surface area contributed by atoms with Crippen molar-refractivity contribution in [3.05, 3.63) is 97.7 Å². The number of carbonyl (C=O) groups is 1. The lowest BCUT2D eigenvalue weighted by atomic mass is 9.99. The topological polar surface area (TPSA) is 63.1 Å². The molecule has 0 radical (unpaired) electrons. The van der Waals surface area contributed by atoms with Gasteiger partial charge in [-0.2, -0.15) is 0 Å². The van der Waals surface area contributed by atoms with Gasteiger partial charge in [-0.1, -0.05) is 30.3 Å². The molecule has 0 fully saturated rings. The van der Waals surface area contributed by atoms with Crippen LogP contribution >= 0.6 is 22.6 Å². The summed E-state index contributed by atoms with van der Waals surface area (Å²) in [5.41, 5.74) is 2.05. The van der Waals surface area contributed by atoms with Crippen molar-refractivity contribution >= 4 is 34.3 Å². The second-order valence-corrected chi connectivity index (χ2v) is 7.31. The van der Waals surface area contributed by atoms with Gasteiger partial charge in [0.25, 0.3) is 5.56 Å². The third-order valence-electron chi connectivity index (χ3n) is 4.28. The van der Waals surface area contributed by atoms with Crippen molar-refractivity contribution in [1.82, 2.24) is 9.88 Å². The Bertz CT molecular complexity index is 1030. The van der Waals surface area contributed by atoms with Crippen LogP contribution in [-0.2, 0) is 6.54 Å². The van der Waals surface area contributed by atoms with Crippen LogP contribution in [0, 0.1) is 9.39 Å². The van der Waals surface area contributed by atoms with Gasteiger partial charge in [0.15, 0.2) is 0 Å². The van der Waals surface area contributed by atoms with Gasteiger partial charge in [-0.3, -0.25) is 4.79 Å². The van der Waals surface area contributed by atoms with Crippen LogP contribution < -0.4 is 16.2 Å². The molecule has 0 aliphatic carbocycles. The molecule has 2 amide bonds. The summed E-state index contributed by atoms with van der Waals surface area (Å²) in [6, 6.07) is 15.8. The molecule has 7 heteroatoms. The molecule has 0 bridgehead atoms. The molecule has 3 rings (SSSR count). The second kappa shape index (κ2) is 9.01. The van der Waals surface area contributed by atoms with Crippen LogP contribution in [0.4, 0.5) is 14.9 Å². The lowest BCUT2D eigenvalue weighted by Crippen LogP contribution is -2.34. The number of aryl methyl sites for hydroxylation is 1. The first kappa shape index (κ1) is 20.1. The van der Waals surface area contributed by atoms with Crippen LogP contribution in [0.2, 0.25) is 0 Å². The summed E-state index contributed by atoms with van der Waals surface area (Å²) in [7, 11) is 0. The molecule has 0 aliphatic heterocycles. The third kappa shape index (κ3) is 4.78. The van der Waals surface area contributed by atoms with E-state index in [1.165, 1.54) is 22.8 Å². The van der Waals surface area contributed by atoms with Crippen molar-refractivity contribution in [2.45, 2.75) is 19.5 Å². The molecule has 1 atom stereocenters. The average Bonchev–Trinajstić information content (AvgIpc) is 2.69. The number of urea groups is 1. The SMILES string of the molecule is CCn1cc(NC(=O)NC(c2ccc(F)cc2)c2ccccc2I)ccc1=O. The van der Waals surface area contributed by atoms with E-state index in [1.807, 2.05) is 31.2 Å². The summed E-state index contributed by atoms with van der Waals surface area (Å²) in [6.45, 7) is 2.36. The Morgan fingerprint density at radius 3 is 2.50 bits per heavy atom. The molecular formula is C21H19FIN3O2. The Balaban J connectivity index is 1.87. The quantitative estimate of drug-likeness (QED) is 0.516. The van der Waals surface area contributed by atoms with Crippen LogP contribution in [0.15, 0.2) is 71.7 Å². The molecular weight excluding hydrogens is 472 g/mol. The number of benzene rings is 2. The normalized spacial score (nSPS) is 11.7. The number of pyridine rings is 1. The van der Waals surface area contributed by atoms with Crippen LogP contribution in [-0.4, -0.2) is 10.6 Å². The number of rotatable bonds is 5. The number of hydrogen-bond donors (Lipinski definition) is 2. The van der Waals surface area contributed by atoms with Gasteiger partial charge in [0.1, 0.15) is 5.82 Å². The molecule has 1 heterocycles. The van der Waals surface area contributed by atoms with E-state index in [0.29, 0.717) is 12.2 Å². The first-order valence-electron chi connectivity index (χ1n) is 8.76. The predicted octanol–water partition coefficient (Wildman–Crippen LogP) is 4.52. The maximum Gasteiger partial charge on any atom is 0.320 e. The minimum absolute atomic E-state index is 0.128. The molecule has 144 valence electrons. The zero-order valence-electron chi connectivity index (χ0n) is 15.2. The standard InChI is InChI=1S/C21H19FIN3O2/c1-2-26-13-16(11-12-19(26)27)24-21(28)25-20(14-7-9-15(22)10-8-14)17-5-3-4-6-18(17)23/h3-13,20H,2H2,1H3,(H2,24,25,28). The molecule has 28 heavy (non-hydrogen) atoms. The highest BCUT2D eigenvalue weighted by Gasteiger charge is 2.19. The van der Waals surface area contributed by atoms with Crippen molar-refractivity contribution in [2.75, 3.05) is 5.32 Å². The highest BCUT2D eigenvalue weighted by Crippen LogP contribution is 2.26. The lowest BCUT2D eigenvalue weighted by Gasteiger charge is -2.21. The van der Waals surface area contributed by atoms with Gasteiger partial charge < -0.3 is 15.2 Å². The third-order valence-corrected chi connectivity index (χ3v) is 5.26. The first-order valence-corrected chi connectivity index (χ1v) is 9.83. The summed E-state index contributed by atoms with van der Waals surface area (Å²) >= 11 is 2.21. The summed E-state index contributed by atoms with van der Waals surface area (Å²) in [5, 5.41) is 5.70. The van der Waals surface area contributed by atoms with E-state index in [-0.39, 0.29) is 11.4 Å². The van der Waals surface area contributed by atoms with Crippen molar-refractivity contribution in [3.63, 3.8) is 0 Å². The number of hydrogen-bond acceptors (Lipinski definition) is 2. The number of nitrogens with one attached hydrogen (secondary N) is 2. The zero-order valence-corrected chi connectivity index (χ0v) is 17.3. The van der Waals surface area contributed by atoms with E-state index >= 15 is 0 Å². The van der Waals surface area contributed by atoms with Crippen LogP contribution in [0.3, 0.4) is 0 Å². The van der Waals surface area contributed by atoms with Gasteiger partial charge in [-0.15, -0.1) is 0 Å². The van der Waals surface area contributed by atoms with Gasteiger partial charge in [0.05, 0.1) is 11.7 Å². The fourth-order valence-corrected chi connectivity index (χ4v) is 3.55. The lowest BCUT2D eigenvalue weighted by molar-refractivity contribution is 0.250. The molecule has 2 aromatic carbocycles. The largest absolute Gasteiger partial charge is 0.327 e. The van der Waals surface area contributed by atoms with Gasteiger partial charge in [0.2, 0.25) is 0 Å². The summed E-state index contributed by atoms with van der Waals surface area (Å²) < 4.78 is 15.8. The van der Waals surface area contributed by atoms with Crippen molar-refractivity contribution in [1.29, 1.82) is 0 Å².